The van der Waals surface area contributed by atoms with Crippen molar-refractivity contribution >= 4 is 11.7 Å². The molecule has 0 saturated carbocycles. The van der Waals surface area contributed by atoms with Gasteiger partial charge < -0.3 is 10.6 Å². The highest BCUT2D eigenvalue weighted by molar-refractivity contribution is 5.91. The van der Waals surface area contributed by atoms with Gasteiger partial charge in [0.05, 0.1) is 12.4 Å². The zero-order valence-corrected chi connectivity index (χ0v) is 9.53. The van der Waals surface area contributed by atoms with Crippen LogP contribution in [0.15, 0.2) is 24.7 Å². The van der Waals surface area contributed by atoms with Crippen LogP contribution >= 0.6 is 0 Å². The van der Waals surface area contributed by atoms with Gasteiger partial charge in [-0.25, -0.2) is 9.67 Å². The van der Waals surface area contributed by atoms with Crippen molar-refractivity contribution in [2.45, 2.75) is 0 Å². The lowest BCUT2D eigenvalue weighted by molar-refractivity contribution is 0.0821. The summed E-state index contributed by atoms with van der Waals surface area (Å²) in [6.07, 6.45) is 4.60. The Morgan fingerprint density at radius 2 is 2.18 bits per heavy atom. The predicted molar refractivity (Wildman–Crippen MR) is 61.6 cm³/mol. The second-order valence-corrected chi connectivity index (χ2v) is 3.65. The van der Waals surface area contributed by atoms with Crippen LogP contribution in [0.1, 0.15) is 10.5 Å². The van der Waals surface area contributed by atoms with Crippen LogP contribution in [0.3, 0.4) is 0 Å². The number of carbonyl (C=O) groups is 1. The van der Waals surface area contributed by atoms with Gasteiger partial charge in [-0.1, -0.05) is 0 Å². The molecule has 0 saturated heterocycles. The number of nitrogens with zero attached hydrogens (tertiary/aromatic N) is 5. The SMILES string of the molecule is CN(C)C(=O)c1ccn(-c2cncc(N)n2)n1. The molecule has 2 aromatic rings. The summed E-state index contributed by atoms with van der Waals surface area (Å²) in [5, 5.41) is 4.11. The van der Waals surface area contributed by atoms with Crippen molar-refractivity contribution in [1.82, 2.24) is 24.6 Å². The third-order valence-electron chi connectivity index (χ3n) is 2.09. The van der Waals surface area contributed by atoms with Gasteiger partial charge in [0.1, 0.15) is 5.82 Å². The molecule has 7 nitrogen and oxygen atoms in total. The summed E-state index contributed by atoms with van der Waals surface area (Å²) in [4.78, 5) is 21.1. The molecule has 17 heavy (non-hydrogen) atoms. The van der Waals surface area contributed by atoms with Crippen LogP contribution in [-0.4, -0.2) is 44.7 Å². The lowest BCUT2D eigenvalue weighted by atomic mass is 10.4. The number of rotatable bonds is 2. The zero-order chi connectivity index (χ0) is 12.4. The van der Waals surface area contributed by atoms with Crippen molar-refractivity contribution in [2.75, 3.05) is 19.8 Å². The van der Waals surface area contributed by atoms with Gasteiger partial charge >= 0.3 is 0 Å². The van der Waals surface area contributed by atoms with Gasteiger partial charge in [0.2, 0.25) is 0 Å². The van der Waals surface area contributed by atoms with Crippen LogP contribution in [0.25, 0.3) is 5.82 Å². The Balaban J connectivity index is 2.33. The lowest BCUT2D eigenvalue weighted by Crippen LogP contribution is -2.22. The Kier molecular flexibility index (Phi) is 2.73. The molecule has 0 aliphatic rings. The van der Waals surface area contributed by atoms with Gasteiger partial charge in [0, 0.05) is 20.3 Å². The van der Waals surface area contributed by atoms with Gasteiger partial charge in [0.15, 0.2) is 11.5 Å². The number of nitrogens with two attached hydrogens (primary N) is 1. The largest absolute Gasteiger partial charge is 0.382 e. The number of amides is 1. The van der Waals surface area contributed by atoms with E-state index in [1.54, 1.807) is 26.4 Å². The summed E-state index contributed by atoms with van der Waals surface area (Å²) < 4.78 is 1.46. The Hall–Kier alpha value is -2.44. The van der Waals surface area contributed by atoms with E-state index in [9.17, 15) is 4.79 Å². The maximum atomic E-state index is 11.6. The van der Waals surface area contributed by atoms with E-state index in [4.69, 9.17) is 5.73 Å². The number of carbonyl (C=O) groups excluding carboxylic acids is 1. The average Bonchev–Trinajstić information content (AvgIpc) is 2.77. The van der Waals surface area contributed by atoms with Crippen molar-refractivity contribution in [3.05, 3.63) is 30.4 Å². The molecule has 0 aromatic carbocycles. The van der Waals surface area contributed by atoms with E-state index in [1.165, 1.54) is 22.0 Å². The maximum Gasteiger partial charge on any atom is 0.273 e. The van der Waals surface area contributed by atoms with Gasteiger partial charge in [-0.15, -0.1) is 0 Å². The van der Waals surface area contributed by atoms with Gasteiger partial charge in [-0.05, 0) is 6.07 Å². The minimum absolute atomic E-state index is 0.166. The van der Waals surface area contributed by atoms with Crippen LogP contribution in [0.5, 0.6) is 0 Å². The number of nitrogen functional groups attached to an aromatic ring is 1. The highest BCUT2D eigenvalue weighted by Crippen LogP contribution is 2.06. The molecular weight excluding hydrogens is 220 g/mol. The van der Waals surface area contributed by atoms with Crippen LogP contribution < -0.4 is 5.73 Å². The van der Waals surface area contributed by atoms with Crippen molar-refractivity contribution in [1.29, 1.82) is 0 Å². The molecule has 0 spiro atoms. The summed E-state index contributed by atoms with van der Waals surface area (Å²) in [5.41, 5.74) is 5.87. The molecule has 2 aromatic heterocycles. The molecular formula is C10H12N6O. The van der Waals surface area contributed by atoms with E-state index in [0.717, 1.165) is 0 Å². The summed E-state index contributed by atoms with van der Waals surface area (Å²) in [6.45, 7) is 0. The molecule has 7 heteroatoms. The third kappa shape index (κ3) is 2.22. The Morgan fingerprint density at radius 1 is 1.41 bits per heavy atom. The number of hydrogen-bond donors (Lipinski definition) is 1. The molecule has 0 atom stereocenters. The molecule has 0 aliphatic heterocycles. The Bertz CT molecular complexity index is 547. The van der Waals surface area contributed by atoms with E-state index >= 15 is 0 Å². The molecule has 0 fully saturated rings. The van der Waals surface area contributed by atoms with Crippen LogP contribution in [0.2, 0.25) is 0 Å². The molecule has 1 amide bonds. The quantitative estimate of drug-likeness (QED) is 0.783. The fraction of sp³-hybridized carbons (Fsp3) is 0.200. The molecule has 0 unspecified atom stereocenters. The molecule has 88 valence electrons. The van der Waals surface area contributed by atoms with Crippen molar-refractivity contribution in [3.63, 3.8) is 0 Å². The van der Waals surface area contributed by atoms with Crippen molar-refractivity contribution < 1.29 is 4.79 Å². The van der Waals surface area contributed by atoms with Crippen LogP contribution in [0, 0.1) is 0 Å². The highest BCUT2D eigenvalue weighted by Gasteiger charge is 2.12. The number of anilines is 1. The van der Waals surface area contributed by atoms with Crippen molar-refractivity contribution in [3.8, 4) is 5.82 Å². The van der Waals surface area contributed by atoms with Crippen molar-refractivity contribution in [2.24, 2.45) is 0 Å². The van der Waals surface area contributed by atoms with Gasteiger partial charge in [0.25, 0.3) is 5.91 Å². The first kappa shape index (κ1) is 11.1. The smallest absolute Gasteiger partial charge is 0.273 e. The minimum atomic E-state index is -0.166. The molecule has 2 N–H and O–H groups in total. The predicted octanol–water partition coefficient (Wildman–Crippen LogP) is -0.0537. The zero-order valence-electron chi connectivity index (χ0n) is 9.53. The standard InChI is InChI=1S/C10H12N6O/c1-15(2)10(17)7-3-4-16(14-7)9-6-12-5-8(11)13-9/h3-6H,1-2H3,(H2,11,13). The fourth-order valence-electron chi connectivity index (χ4n) is 1.28. The van der Waals surface area contributed by atoms with E-state index in [2.05, 4.69) is 15.1 Å². The second-order valence-electron chi connectivity index (χ2n) is 3.65. The van der Waals surface area contributed by atoms with E-state index in [-0.39, 0.29) is 5.91 Å². The molecule has 0 bridgehead atoms. The minimum Gasteiger partial charge on any atom is -0.382 e. The maximum absolute atomic E-state index is 11.6. The van der Waals surface area contributed by atoms with E-state index in [1.807, 2.05) is 0 Å². The average molecular weight is 232 g/mol. The molecule has 2 rings (SSSR count). The normalized spacial score (nSPS) is 10.2. The van der Waals surface area contributed by atoms with E-state index in [0.29, 0.717) is 17.3 Å². The first-order valence-electron chi connectivity index (χ1n) is 4.93. The second kappa shape index (κ2) is 4.20. The summed E-state index contributed by atoms with van der Waals surface area (Å²) in [6, 6.07) is 1.62. The van der Waals surface area contributed by atoms with E-state index < -0.39 is 0 Å². The molecule has 0 aliphatic carbocycles. The lowest BCUT2D eigenvalue weighted by Gasteiger charge is -2.06. The van der Waals surface area contributed by atoms with Crippen LogP contribution in [0.4, 0.5) is 5.82 Å². The molecule has 2 heterocycles. The Morgan fingerprint density at radius 3 is 2.82 bits per heavy atom. The van der Waals surface area contributed by atoms with Gasteiger partial charge in [-0.3, -0.25) is 9.78 Å². The van der Waals surface area contributed by atoms with Crippen LogP contribution in [-0.2, 0) is 0 Å². The fourth-order valence-corrected chi connectivity index (χ4v) is 1.28. The Labute approximate surface area is 97.9 Å². The monoisotopic (exact) mass is 232 g/mol. The first-order chi connectivity index (χ1) is 8.08. The summed E-state index contributed by atoms with van der Waals surface area (Å²) in [5.74, 6) is 0.613. The topological polar surface area (TPSA) is 89.9 Å². The number of hydrogen-bond acceptors (Lipinski definition) is 5. The number of aromatic nitrogens is 4. The highest BCUT2D eigenvalue weighted by atomic mass is 16.2. The summed E-state index contributed by atoms with van der Waals surface area (Å²) in [7, 11) is 3.34. The first-order valence-corrected chi connectivity index (χ1v) is 4.93. The molecule has 0 radical (unpaired) electrons. The summed E-state index contributed by atoms with van der Waals surface area (Å²) >= 11 is 0. The third-order valence-corrected chi connectivity index (χ3v) is 2.09. The van der Waals surface area contributed by atoms with Gasteiger partial charge in [-0.2, -0.15) is 5.10 Å².